The molecule has 0 aliphatic heterocycles. The quantitative estimate of drug-likeness (QED) is 0.799. The minimum absolute atomic E-state index is 0.175. The second-order valence-corrected chi connectivity index (χ2v) is 7.26. The van der Waals surface area contributed by atoms with E-state index in [0.717, 1.165) is 10.0 Å². The van der Waals surface area contributed by atoms with Crippen molar-refractivity contribution in [3.8, 4) is 0 Å². The maximum Gasteiger partial charge on any atom is 0.222 e. The van der Waals surface area contributed by atoms with Gasteiger partial charge in [0.1, 0.15) is 0 Å². The molecule has 106 valence electrons. The lowest BCUT2D eigenvalue weighted by atomic mass is 9.80. The summed E-state index contributed by atoms with van der Waals surface area (Å²) in [4.78, 5) is 14.0. The zero-order valence-electron chi connectivity index (χ0n) is 12.5. The van der Waals surface area contributed by atoms with E-state index in [1.165, 1.54) is 0 Å². The van der Waals surface area contributed by atoms with Crippen molar-refractivity contribution >= 4 is 21.8 Å². The predicted octanol–water partition coefficient (Wildman–Crippen LogP) is 4.48. The third-order valence-electron chi connectivity index (χ3n) is 3.72. The molecule has 2 nitrogen and oxygen atoms in total. The summed E-state index contributed by atoms with van der Waals surface area (Å²) < 4.78 is 1.06. The highest BCUT2D eigenvalue weighted by atomic mass is 79.9. The molecule has 0 aromatic heterocycles. The lowest BCUT2D eigenvalue weighted by Gasteiger charge is -2.28. The predicted molar refractivity (Wildman–Crippen MR) is 83.9 cm³/mol. The van der Waals surface area contributed by atoms with Crippen molar-refractivity contribution in [1.82, 2.24) is 4.90 Å². The first-order chi connectivity index (χ1) is 8.70. The van der Waals surface area contributed by atoms with Crippen LogP contribution < -0.4 is 0 Å². The van der Waals surface area contributed by atoms with Gasteiger partial charge in [0.05, 0.1) is 0 Å². The van der Waals surface area contributed by atoms with E-state index in [9.17, 15) is 4.79 Å². The van der Waals surface area contributed by atoms with Gasteiger partial charge in [-0.2, -0.15) is 0 Å². The number of rotatable bonds is 4. The van der Waals surface area contributed by atoms with Gasteiger partial charge >= 0.3 is 0 Å². The van der Waals surface area contributed by atoms with Crippen molar-refractivity contribution in [2.24, 2.45) is 11.3 Å². The van der Waals surface area contributed by atoms with Crippen LogP contribution in [0.3, 0.4) is 0 Å². The normalized spacial score (nSPS) is 13.2. The fourth-order valence-electron chi connectivity index (χ4n) is 1.68. The molecule has 0 spiro atoms. The average molecular weight is 326 g/mol. The van der Waals surface area contributed by atoms with Crippen molar-refractivity contribution in [3.05, 3.63) is 34.3 Å². The molecule has 1 amide bonds. The van der Waals surface area contributed by atoms with Crippen LogP contribution in [0.25, 0.3) is 0 Å². The van der Waals surface area contributed by atoms with Gasteiger partial charge in [0.2, 0.25) is 5.91 Å². The standard InChI is InChI=1S/C16H24BrNO/c1-12(16(2,3)4)10-15(19)18(5)11-13-6-8-14(17)9-7-13/h6-9,12H,10-11H2,1-5H3. The summed E-state index contributed by atoms with van der Waals surface area (Å²) in [7, 11) is 1.87. The van der Waals surface area contributed by atoms with Gasteiger partial charge in [-0.15, -0.1) is 0 Å². The summed E-state index contributed by atoms with van der Waals surface area (Å²) in [6.45, 7) is 9.35. The first-order valence-corrected chi connectivity index (χ1v) is 7.48. The summed E-state index contributed by atoms with van der Waals surface area (Å²) in [5.74, 6) is 0.595. The summed E-state index contributed by atoms with van der Waals surface area (Å²) >= 11 is 3.41. The van der Waals surface area contributed by atoms with Crippen LogP contribution in [0, 0.1) is 11.3 Å². The number of hydrogen-bond acceptors (Lipinski definition) is 1. The number of nitrogens with zero attached hydrogens (tertiary/aromatic N) is 1. The van der Waals surface area contributed by atoms with Crippen LogP contribution >= 0.6 is 15.9 Å². The molecule has 0 fully saturated rings. The highest BCUT2D eigenvalue weighted by Gasteiger charge is 2.23. The number of halogens is 1. The van der Waals surface area contributed by atoms with Crippen LogP contribution in [0.15, 0.2) is 28.7 Å². The smallest absolute Gasteiger partial charge is 0.222 e. The summed E-state index contributed by atoms with van der Waals surface area (Å²) in [6, 6.07) is 8.10. The van der Waals surface area contributed by atoms with Gasteiger partial charge in [0.15, 0.2) is 0 Å². The average Bonchev–Trinajstić information content (AvgIpc) is 2.30. The fourth-order valence-corrected chi connectivity index (χ4v) is 1.94. The van der Waals surface area contributed by atoms with E-state index in [1.807, 2.05) is 36.2 Å². The Morgan fingerprint density at radius 3 is 2.26 bits per heavy atom. The third kappa shape index (κ3) is 5.35. The van der Waals surface area contributed by atoms with Crippen LogP contribution in [-0.4, -0.2) is 17.9 Å². The zero-order valence-corrected chi connectivity index (χ0v) is 14.1. The number of amides is 1. The molecule has 0 aliphatic carbocycles. The molecule has 0 bridgehead atoms. The van der Waals surface area contributed by atoms with Crippen LogP contribution in [0.4, 0.5) is 0 Å². The summed E-state index contributed by atoms with van der Waals surface area (Å²) in [5, 5.41) is 0. The minimum atomic E-state index is 0.175. The Hall–Kier alpha value is -0.830. The topological polar surface area (TPSA) is 20.3 Å². The molecule has 0 radical (unpaired) electrons. The maximum absolute atomic E-state index is 12.2. The van der Waals surface area contributed by atoms with Crippen molar-refractivity contribution in [2.45, 2.75) is 40.7 Å². The van der Waals surface area contributed by atoms with Gasteiger partial charge in [-0.1, -0.05) is 55.8 Å². The van der Waals surface area contributed by atoms with E-state index in [1.54, 1.807) is 0 Å². The Balaban J connectivity index is 2.56. The second-order valence-electron chi connectivity index (χ2n) is 6.35. The molecular formula is C16H24BrNO. The fraction of sp³-hybridized carbons (Fsp3) is 0.562. The Morgan fingerprint density at radius 1 is 1.26 bits per heavy atom. The maximum atomic E-state index is 12.2. The first-order valence-electron chi connectivity index (χ1n) is 6.68. The Bertz CT molecular complexity index is 419. The Labute approximate surface area is 125 Å². The number of hydrogen-bond donors (Lipinski definition) is 0. The van der Waals surface area contributed by atoms with Crippen LogP contribution in [-0.2, 0) is 11.3 Å². The van der Waals surface area contributed by atoms with Crippen molar-refractivity contribution in [2.75, 3.05) is 7.05 Å². The molecule has 19 heavy (non-hydrogen) atoms. The number of carbonyl (C=O) groups excluding carboxylic acids is 1. The van der Waals surface area contributed by atoms with Crippen LogP contribution in [0.2, 0.25) is 0 Å². The first kappa shape index (κ1) is 16.2. The monoisotopic (exact) mass is 325 g/mol. The molecule has 1 aromatic carbocycles. The molecule has 0 saturated heterocycles. The van der Waals surface area contributed by atoms with Gasteiger partial charge in [-0.05, 0) is 29.0 Å². The van der Waals surface area contributed by atoms with Gasteiger partial charge in [0.25, 0.3) is 0 Å². The van der Waals surface area contributed by atoms with Crippen molar-refractivity contribution in [3.63, 3.8) is 0 Å². The molecule has 1 rings (SSSR count). The van der Waals surface area contributed by atoms with Crippen LogP contribution in [0.1, 0.15) is 39.7 Å². The lowest BCUT2D eigenvalue weighted by Crippen LogP contribution is -2.30. The number of benzene rings is 1. The molecule has 3 heteroatoms. The van der Waals surface area contributed by atoms with Gasteiger partial charge in [-0.25, -0.2) is 0 Å². The van der Waals surface area contributed by atoms with Crippen molar-refractivity contribution in [1.29, 1.82) is 0 Å². The summed E-state index contributed by atoms with van der Waals surface area (Å²) in [6.07, 6.45) is 0.608. The second kappa shape index (κ2) is 6.56. The Kier molecular flexibility index (Phi) is 5.60. The van der Waals surface area contributed by atoms with Gasteiger partial charge < -0.3 is 4.90 Å². The molecule has 0 heterocycles. The molecule has 0 N–H and O–H groups in total. The third-order valence-corrected chi connectivity index (χ3v) is 4.25. The highest BCUT2D eigenvalue weighted by molar-refractivity contribution is 9.10. The van der Waals surface area contributed by atoms with Gasteiger partial charge in [0, 0.05) is 24.5 Å². The summed E-state index contributed by atoms with van der Waals surface area (Å²) in [5.41, 5.74) is 1.33. The Morgan fingerprint density at radius 2 is 1.79 bits per heavy atom. The van der Waals surface area contributed by atoms with Crippen LogP contribution in [0.5, 0.6) is 0 Å². The van der Waals surface area contributed by atoms with E-state index in [-0.39, 0.29) is 11.3 Å². The largest absolute Gasteiger partial charge is 0.341 e. The highest BCUT2D eigenvalue weighted by Crippen LogP contribution is 2.28. The van der Waals surface area contributed by atoms with E-state index in [2.05, 4.69) is 43.6 Å². The molecule has 1 unspecified atom stereocenters. The number of carbonyl (C=O) groups is 1. The molecule has 0 saturated carbocycles. The zero-order chi connectivity index (χ0) is 14.6. The minimum Gasteiger partial charge on any atom is -0.341 e. The molecular weight excluding hydrogens is 302 g/mol. The SMILES string of the molecule is CC(CC(=O)N(C)Cc1ccc(Br)cc1)C(C)(C)C. The lowest BCUT2D eigenvalue weighted by molar-refractivity contribution is -0.132. The van der Waals surface area contributed by atoms with Crippen molar-refractivity contribution < 1.29 is 4.79 Å². The van der Waals surface area contributed by atoms with E-state index in [4.69, 9.17) is 0 Å². The molecule has 1 aromatic rings. The van der Waals surface area contributed by atoms with E-state index >= 15 is 0 Å². The van der Waals surface area contributed by atoms with E-state index in [0.29, 0.717) is 18.9 Å². The van der Waals surface area contributed by atoms with E-state index < -0.39 is 0 Å². The van der Waals surface area contributed by atoms with Gasteiger partial charge in [-0.3, -0.25) is 4.79 Å². The molecule has 1 atom stereocenters. The molecule has 0 aliphatic rings.